The quantitative estimate of drug-likeness (QED) is 0.482. The highest BCUT2D eigenvalue weighted by molar-refractivity contribution is 7.89. The van der Waals surface area contributed by atoms with Crippen LogP contribution in [0.3, 0.4) is 0 Å². The first-order valence-corrected chi connectivity index (χ1v) is 11.7. The molecule has 3 rings (SSSR count). The minimum absolute atomic E-state index is 0.0218. The lowest BCUT2D eigenvalue weighted by Gasteiger charge is -2.18. The molecule has 2 N–H and O–H groups in total. The molecule has 0 aliphatic carbocycles. The van der Waals surface area contributed by atoms with Crippen molar-refractivity contribution < 1.29 is 23.1 Å². The van der Waals surface area contributed by atoms with Crippen molar-refractivity contribution in [3.8, 4) is 11.1 Å². The second-order valence-electron chi connectivity index (χ2n) is 7.76. The third kappa shape index (κ3) is 6.23. The number of ether oxygens (including phenoxy) is 1. The van der Waals surface area contributed by atoms with Gasteiger partial charge in [0.2, 0.25) is 10.0 Å². The Balaban J connectivity index is 1.63. The molecule has 168 valence electrons. The molecule has 1 aromatic heterocycles. The van der Waals surface area contributed by atoms with Crippen molar-refractivity contribution in [2.75, 3.05) is 0 Å². The lowest BCUT2D eigenvalue weighted by Crippen LogP contribution is -2.44. The van der Waals surface area contributed by atoms with Gasteiger partial charge in [-0.15, -0.1) is 0 Å². The molecule has 1 heterocycles. The van der Waals surface area contributed by atoms with Crippen molar-refractivity contribution in [1.29, 1.82) is 0 Å². The van der Waals surface area contributed by atoms with Gasteiger partial charge in [-0.1, -0.05) is 56.3 Å². The fourth-order valence-corrected chi connectivity index (χ4v) is 4.43. The van der Waals surface area contributed by atoms with Crippen LogP contribution in [0.4, 0.5) is 0 Å². The summed E-state index contributed by atoms with van der Waals surface area (Å²) in [5.74, 6) is -1.59. The molecule has 32 heavy (non-hydrogen) atoms. The maximum absolute atomic E-state index is 12.6. The summed E-state index contributed by atoms with van der Waals surface area (Å²) in [6.45, 7) is 4.26. The van der Waals surface area contributed by atoms with Gasteiger partial charge in [0.25, 0.3) is 0 Å². The van der Waals surface area contributed by atoms with Crippen LogP contribution in [-0.2, 0) is 32.8 Å². The van der Waals surface area contributed by atoms with Gasteiger partial charge in [0.05, 0.1) is 18.1 Å². The van der Waals surface area contributed by atoms with Gasteiger partial charge in [-0.3, -0.25) is 9.78 Å². The molecule has 0 spiro atoms. The number of benzene rings is 2. The van der Waals surface area contributed by atoms with Gasteiger partial charge in [-0.2, -0.15) is 4.72 Å². The van der Waals surface area contributed by atoms with Crippen molar-refractivity contribution >= 4 is 16.0 Å². The number of pyridine rings is 1. The predicted octanol–water partition coefficient (Wildman–Crippen LogP) is 3.85. The third-order valence-corrected chi connectivity index (χ3v) is 6.38. The Morgan fingerprint density at radius 2 is 1.56 bits per heavy atom. The summed E-state index contributed by atoms with van der Waals surface area (Å²) in [5.41, 5.74) is 3.82. The molecule has 0 fully saturated rings. The molecule has 8 heteroatoms. The minimum atomic E-state index is -3.94. The van der Waals surface area contributed by atoms with Crippen LogP contribution in [0.25, 0.3) is 11.1 Å². The zero-order valence-corrected chi connectivity index (χ0v) is 18.7. The second-order valence-corrected chi connectivity index (χ2v) is 9.47. The summed E-state index contributed by atoms with van der Waals surface area (Å²) >= 11 is 0. The number of hydrogen-bond acceptors (Lipinski definition) is 5. The molecule has 7 nitrogen and oxygen atoms in total. The van der Waals surface area contributed by atoms with E-state index in [-0.39, 0.29) is 10.8 Å². The fraction of sp³-hybridized carbons (Fsp3) is 0.250. The number of carboxylic acids is 1. The summed E-state index contributed by atoms with van der Waals surface area (Å²) in [7, 11) is -3.94. The van der Waals surface area contributed by atoms with Crippen LogP contribution in [0.5, 0.6) is 0 Å². The topological polar surface area (TPSA) is 106 Å². The highest BCUT2D eigenvalue weighted by Crippen LogP contribution is 2.22. The Hall–Kier alpha value is -3.07. The summed E-state index contributed by atoms with van der Waals surface area (Å²) in [5, 5.41) is 9.24. The minimum Gasteiger partial charge on any atom is -0.480 e. The van der Waals surface area contributed by atoms with E-state index in [2.05, 4.69) is 9.71 Å². The van der Waals surface area contributed by atoms with Gasteiger partial charge < -0.3 is 9.84 Å². The smallest absolute Gasteiger partial charge is 0.322 e. The predicted molar refractivity (Wildman–Crippen MR) is 121 cm³/mol. The van der Waals surface area contributed by atoms with Crippen LogP contribution >= 0.6 is 0 Å². The molecule has 0 aliphatic heterocycles. The number of carbonyl (C=O) groups is 1. The van der Waals surface area contributed by atoms with Crippen molar-refractivity contribution in [2.45, 2.75) is 38.0 Å². The number of hydrogen-bond donors (Lipinski definition) is 2. The van der Waals surface area contributed by atoms with Gasteiger partial charge >= 0.3 is 5.97 Å². The van der Waals surface area contributed by atoms with Gasteiger partial charge in [-0.05, 0) is 46.4 Å². The van der Waals surface area contributed by atoms with E-state index >= 15 is 0 Å². The zero-order chi connectivity index (χ0) is 23.1. The van der Waals surface area contributed by atoms with Gasteiger partial charge in [0, 0.05) is 12.4 Å². The van der Waals surface area contributed by atoms with Crippen LogP contribution in [0.1, 0.15) is 25.0 Å². The average molecular weight is 455 g/mol. The molecule has 1 unspecified atom stereocenters. The van der Waals surface area contributed by atoms with Crippen molar-refractivity contribution in [3.05, 3.63) is 84.2 Å². The molecular formula is C24H26N2O5S. The molecule has 0 amide bonds. The Bertz CT molecular complexity index is 1130. The molecule has 0 radical (unpaired) electrons. The van der Waals surface area contributed by atoms with Crippen LogP contribution in [0, 0.1) is 5.92 Å². The molecular weight excluding hydrogens is 428 g/mol. The van der Waals surface area contributed by atoms with Gasteiger partial charge in [0.1, 0.15) is 6.04 Å². The second kappa shape index (κ2) is 10.5. The van der Waals surface area contributed by atoms with Gasteiger partial charge in [0.15, 0.2) is 0 Å². The molecule has 0 saturated heterocycles. The standard InChI is InChI=1S/C24H26N2O5S/c1-17(2)23(24(27)28)26-32(29,30)22-11-9-21(10-12-22)20-7-5-18(6-8-20)15-31-16-19-4-3-13-25-14-19/h3-14,17,23,26H,15-16H2,1-2H3,(H,27,28). The average Bonchev–Trinajstić information content (AvgIpc) is 2.78. The Labute approximate surface area is 188 Å². The number of nitrogens with zero attached hydrogens (tertiary/aromatic N) is 1. The maximum atomic E-state index is 12.6. The van der Waals surface area contributed by atoms with E-state index in [9.17, 15) is 18.3 Å². The van der Waals surface area contributed by atoms with E-state index in [0.717, 1.165) is 22.3 Å². The van der Waals surface area contributed by atoms with E-state index in [1.807, 2.05) is 36.4 Å². The molecule has 0 saturated carbocycles. The van der Waals surface area contributed by atoms with E-state index < -0.39 is 22.0 Å². The first-order valence-electron chi connectivity index (χ1n) is 10.2. The van der Waals surface area contributed by atoms with E-state index in [1.165, 1.54) is 12.1 Å². The molecule has 3 aromatic rings. The fourth-order valence-electron chi connectivity index (χ4n) is 3.10. The lowest BCUT2D eigenvalue weighted by atomic mass is 10.0. The summed E-state index contributed by atoms with van der Waals surface area (Å²) < 4.78 is 33.1. The third-order valence-electron chi connectivity index (χ3n) is 4.93. The Morgan fingerprint density at radius 1 is 0.969 bits per heavy atom. The van der Waals surface area contributed by atoms with E-state index in [0.29, 0.717) is 13.2 Å². The SMILES string of the molecule is CC(C)C(NS(=O)(=O)c1ccc(-c2ccc(COCc3cccnc3)cc2)cc1)C(=O)O. The first kappa shape index (κ1) is 23.6. The number of sulfonamides is 1. The maximum Gasteiger partial charge on any atom is 0.322 e. The summed E-state index contributed by atoms with van der Waals surface area (Å²) in [6.07, 6.45) is 3.49. The number of aromatic nitrogens is 1. The Kier molecular flexibility index (Phi) is 7.74. The van der Waals surface area contributed by atoms with E-state index in [4.69, 9.17) is 4.74 Å². The highest BCUT2D eigenvalue weighted by atomic mass is 32.2. The molecule has 0 bridgehead atoms. The summed E-state index contributed by atoms with van der Waals surface area (Å²) in [6, 6.07) is 16.8. The van der Waals surface area contributed by atoms with Crippen molar-refractivity contribution in [3.63, 3.8) is 0 Å². The monoisotopic (exact) mass is 454 g/mol. The number of rotatable bonds is 10. The largest absolute Gasteiger partial charge is 0.480 e. The van der Waals surface area contributed by atoms with E-state index in [1.54, 1.807) is 38.4 Å². The molecule has 1 atom stereocenters. The lowest BCUT2D eigenvalue weighted by molar-refractivity contribution is -0.140. The first-order chi connectivity index (χ1) is 15.3. The Morgan fingerprint density at radius 3 is 2.09 bits per heavy atom. The normalized spacial score (nSPS) is 12.6. The van der Waals surface area contributed by atoms with Crippen LogP contribution in [0.15, 0.2) is 78.0 Å². The van der Waals surface area contributed by atoms with Crippen molar-refractivity contribution in [1.82, 2.24) is 9.71 Å². The number of aliphatic carboxylic acids is 1. The zero-order valence-electron chi connectivity index (χ0n) is 17.9. The molecule has 0 aliphatic rings. The van der Waals surface area contributed by atoms with Crippen LogP contribution in [0.2, 0.25) is 0 Å². The van der Waals surface area contributed by atoms with Crippen molar-refractivity contribution in [2.24, 2.45) is 5.92 Å². The van der Waals surface area contributed by atoms with Crippen LogP contribution < -0.4 is 4.72 Å². The summed E-state index contributed by atoms with van der Waals surface area (Å²) in [4.78, 5) is 15.4. The van der Waals surface area contributed by atoms with Gasteiger partial charge in [-0.25, -0.2) is 8.42 Å². The number of nitrogens with one attached hydrogen (secondary N) is 1. The molecule has 2 aromatic carbocycles. The van der Waals surface area contributed by atoms with Crippen LogP contribution in [-0.4, -0.2) is 30.5 Å². The highest BCUT2D eigenvalue weighted by Gasteiger charge is 2.27. The number of carboxylic acid groups (broad SMARTS) is 1.